The second-order valence-electron chi connectivity index (χ2n) is 8.00. The zero-order valence-electron chi connectivity index (χ0n) is 18.7. The number of carbonyl (C=O) groups excluding carboxylic acids is 1. The van der Waals surface area contributed by atoms with Crippen LogP contribution in [0, 0.1) is 0 Å². The summed E-state index contributed by atoms with van der Waals surface area (Å²) in [6.07, 6.45) is 3.44. The zero-order chi connectivity index (χ0) is 23.5. The van der Waals surface area contributed by atoms with Crippen LogP contribution < -0.4 is 15.0 Å². The number of hydrogen-bond acceptors (Lipinski definition) is 6. The van der Waals surface area contributed by atoms with Crippen LogP contribution >= 0.6 is 11.6 Å². The number of aromatic nitrogens is 2. The summed E-state index contributed by atoms with van der Waals surface area (Å²) < 4.78 is 5.45. The molecule has 0 spiro atoms. The number of amides is 1. The van der Waals surface area contributed by atoms with E-state index in [0.717, 1.165) is 35.4 Å². The monoisotopic (exact) mass is 473 g/mol. The molecule has 7 nitrogen and oxygen atoms in total. The van der Waals surface area contributed by atoms with Crippen LogP contribution in [0.25, 0.3) is 10.8 Å². The summed E-state index contributed by atoms with van der Waals surface area (Å²) in [5, 5.41) is 5.63. The van der Waals surface area contributed by atoms with Gasteiger partial charge >= 0.3 is 0 Å². The number of nitrogens with zero attached hydrogens (tertiary/aromatic N) is 4. The summed E-state index contributed by atoms with van der Waals surface area (Å²) in [4.78, 5) is 26.6. The Kier molecular flexibility index (Phi) is 6.18. The van der Waals surface area contributed by atoms with Crippen LogP contribution in [0.15, 0.2) is 73.1 Å². The molecule has 0 saturated carbocycles. The summed E-state index contributed by atoms with van der Waals surface area (Å²) >= 11 is 6.09. The van der Waals surface area contributed by atoms with Crippen LogP contribution in [0.2, 0.25) is 5.02 Å². The van der Waals surface area contributed by atoms with Crippen LogP contribution in [0.3, 0.4) is 0 Å². The molecule has 0 atom stereocenters. The lowest BCUT2D eigenvalue weighted by Crippen LogP contribution is -2.49. The van der Waals surface area contributed by atoms with E-state index in [0.29, 0.717) is 35.2 Å². The molecule has 0 aliphatic carbocycles. The Labute approximate surface area is 202 Å². The van der Waals surface area contributed by atoms with E-state index in [2.05, 4.69) is 20.2 Å². The molecular formula is C26H24ClN5O2. The topological polar surface area (TPSA) is 70.6 Å². The summed E-state index contributed by atoms with van der Waals surface area (Å²) in [7, 11) is 1.59. The predicted molar refractivity (Wildman–Crippen MR) is 135 cm³/mol. The lowest BCUT2D eigenvalue weighted by molar-refractivity contribution is 0.0748. The minimum atomic E-state index is -0.0139. The number of anilines is 3. The number of rotatable bonds is 5. The third kappa shape index (κ3) is 4.34. The van der Waals surface area contributed by atoms with Gasteiger partial charge in [-0.25, -0.2) is 9.97 Å². The molecule has 172 valence electrons. The lowest BCUT2D eigenvalue weighted by Gasteiger charge is -2.35. The van der Waals surface area contributed by atoms with E-state index in [1.807, 2.05) is 53.4 Å². The second kappa shape index (κ2) is 9.57. The van der Waals surface area contributed by atoms with Gasteiger partial charge in [-0.15, -0.1) is 0 Å². The van der Waals surface area contributed by atoms with Crippen molar-refractivity contribution >= 4 is 45.6 Å². The van der Waals surface area contributed by atoms with Gasteiger partial charge in [0.15, 0.2) is 0 Å². The van der Waals surface area contributed by atoms with E-state index in [9.17, 15) is 4.79 Å². The number of pyridine rings is 2. The number of ether oxygens (including phenoxy) is 1. The lowest BCUT2D eigenvalue weighted by atomic mass is 10.1. The first-order chi connectivity index (χ1) is 16.6. The molecule has 0 unspecified atom stereocenters. The molecule has 1 aliphatic rings. The van der Waals surface area contributed by atoms with E-state index in [-0.39, 0.29) is 5.91 Å². The Balaban J connectivity index is 1.39. The number of piperazine rings is 1. The molecular weight excluding hydrogens is 450 g/mol. The van der Waals surface area contributed by atoms with Crippen LogP contribution in [-0.4, -0.2) is 54.1 Å². The van der Waals surface area contributed by atoms with Crippen molar-refractivity contribution in [1.29, 1.82) is 0 Å². The Bertz CT molecular complexity index is 1320. The van der Waals surface area contributed by atoms with Gasteiger partial charge in [-0.2, -0.15) is 0 Å². The largest absolute Gasteiger partial charge is 0.495 e. The molecule has 1 fully saturated rings. The third-order valence-electron chi connectivity index (χ3n) is 5.98. The van der Waals surface area contributed by atoms with Gasteiger partial charge in [0.2, 0.25) is 0 Å². The summed E-state index contributed by atoms with van der Waals surface area (Å²) in [6.45, 7) is 2.74. The van der Waals surface area contributed by atoms with E-state index < -0.39 is 0 Å². The van der Waals surface area contributed by atoms with Crippen LogP contribution in [0.5, 0.6) is 5.75 Å². The molecule has 1 aliphatic heterocycles. The maximum atomic E-state index is 13.5. The molecule has 1 amide bonds. The quantitative estimate of drug-likeness (QED) is 0.440. The normalized spacial score (nSPS) is 13.7. The SMILES string of the molecule is COc1cc(Cl)ccc1Nc1ncc(C(=O)N2CCN(c3ccccn3)CC2)c2ccccc12. The number of fused-ring (bicyclic) bond motifs is 1. The fraction of sp³-hybridized carbons (Fsp3) is 0.192. The van der Waals surface area contributed by atoms with E-state index in [1.165, 1.54) is 0 Å². The Morgan fingerprint density at radius 2 is 1.74 bits per heavy atom. The molecule has 34 heavy (non-hydrogen) atoms. The van der Waals surface area contributed by atoms with Gasteiger partial charge in [0, 0.05) is 55.0 Å². The van der Waals surface area contributed by atoms with Crippen LogP contribution in [0.1, 0.15) is 10.4 Å². The number of benzene rings is 2. The highest BCUT2D eigenvalue weighted by Crippen LogP contribution is 2.33. The summed E-state index contributed by atoms with van der Waals surface area (Å²) in [6, 6.07) is 19.1. The maximum absolute atomic E-state index is 13.5. The van der Waals surface area contributed by atoms with Crippen molar-refractivity contribution in [2.24, 2.45) is 0 Å². The van der Waals surface area contributed by atoms with Crippen molar-refractivity contribution in [3.8, 4) is 5.75 Å². The van der Waals surface area contributed by atoms with Crippen molar-refractivity contribution in [3.05, 3.63) is 83.6 Å². The highest BCUT2D eigenvalue weighted by atomic mass is 35.5. The first-order valence-electron chi connectivity index (χ1n) is 11.1. The molecule has 0 radical (unpaired) electrons. The fourth-order valence-electron chi connectivity index (χ4n) is 4.21. The number of methoxy groups -OCH3 is 1. The van der Waals surface area contributed by atoms with Crippen LogP contribution in [0.4, 0.5) is 17.3 Å². The van der Waals surface area contributed by atoms with Gasteiger partial charge in [0.1, 0.15) is 17.4 Å². The van der Waals surface area contributed by atoms with E-state index in [4.69, 9.17) is 16.3 Å². The van der Waals surface area contributed by atoms with Crippen LogP contribution in [-0.2, 0) is 0 Å². The van der Waals surface area contributed by atoms with Crippen molar-refractivity contribution in [2.45, 2.75) is 0 Å². The zero-order valence-corrected chi connectivity index (χ0v) is 19.5. The van der Waals surface area contributed by atoms with E-state index >= 15 is 0 Å². The molecule has 4 aromatic rings. The van der Waals surface area contributed by atoms with Gasteiger partial charge in [0.05, 0.1) is 18.4 Å². The van der Waals surface area contributed by atoms with Gasteiger partial charge in [0.25, 0.3) is 5.91 Å². The average molecular weight is 474 g/mol. The highest BCUT2D eigenvalue weighted by molar-refractivity contribution is 6.30. The average Bonchev–Trinajstić information content (AvgIpc) is 2.90. The number of nitrogens with one attached hydrogen (secondary N) is 1. The molecule has 2 aromatic carbocycles. The summed E-state index contributed by atoms with van der Waals surface area (Å²) in [5.41, 5.74) is 1.34. The minimum absolute atomic E-state index is 0.0139. The number of hydrogen-bond donors (Lipinski definition) is 1. The first-order valence-corrected chi connectivity index (χ1v) is 11.5. The molecule has 1 N–H and O–H groups in total. The fourth-order valence-corrected chi connectivity index (χ4v) is 4.37. The third-order valence-corrected chi connectivity index (χ3v) is 6.22. The molecule has 3 heterocycles. The van der Waals surface area contributed by atoms with Crippen molar-refractivity contribution < 1.29 is 9.53 Å². The van der Waals surface area contributed by atoms with Gasteiger partial charge in [-0.05, 0) is 29.7 Å². The van der Waals surface area contributed by atoms with Crippen molar-refractivity contribution in [3.63, 3.8) is 0 Å². The van der Waals surface area contributed by atoms with Gasteiger partial charge in [-0.1, -0.05) is 41.9 Å². The maximum Gasteiger partial charge on any atom is 0.256 e. The van der Waals surface area contributed by atoms with Crippen molar-refractivity contribution in [1.82, 2.24) is 14.9 Å². The second-order valence-corrected chi connectivity index (χ2v) is 8.44. The van der Waals surface area contributed by atoms with Gasteiger partial charge in [-0.3, -0.25) is 4.79 Å². The highest BCUT2D eigenvalue weighted by Gasteiger charge is 2.25. The standard InChI is InChI=1S/C26H24ClN5O2/c1-34-23-16-18(27)9-10-22(23)30-25-20-7-3-2-6-19(20)21(17-29-25)26(33)32-14-12-31(13-15-32)24-8-4-5-11-28-24/h2-11,16-17H,12-15H2,1H3,(H,29,30). The Hall–Kier alpha value is -3.84. The molecule has 8 heteroatoms. The summed E-state index contributed by atoms with van der Waals surface area (Å²) in [5.74, 6) is 2.19. The van der Waals surface area contributed by atoms with Crippen molar-refractivity contribution in [2.75, 3.05) is 43.5 Å². The first kappa shape index (κ1) is 22.0. The Morgan fingerprint density at radius 1 is 0.971 bits per heavy atom. The molecule has 1 saturated heterocycles. The van der Waals surface area contributed by atoms with E-state index in [1.54, 1.807) is 31.6 Å². The number of carbonyl (C=O) groups is 1. The van der Waals surface area contributed by atoms with Gasteiger partial charge < -0.3 is 19.9 Å². The smallest absolute Gasteiger partial charge is 0.256 e. The number of halogens is 1. The molecule has 5 rings (SSSR count). The predicted octanol–water partition coefficient (Wildman–Crippen LogP) is 5.00. The molecule has 0 bridgehead atoms. The molecule has 2 aromatic heterocycles. The minimum Gasteiger partial charge on any atom is -0.495 e. The Morgan fingerprint density at radius 3 is 2.47 bits per heavy atom.